The fourth-order valence-corrected chi connectivity index (χ4v) is 3.93. The summed E-state index contributed by atoms with van der Waals surface area (Å²) < 4.78 is 32.6. The Morgan fingerprint density at radius 1 is 1.04 bits per heavy atom. The molecule has 2 aromatic rings. The van der Waals surface area contributed by atoms with Crippen LogP contribution in [0.4, 0.5) is 5.69 Å². The van der Waals surface area contributed by atoms with E-state index in [1.165, 1.54) is 24.3 Å². The molecule has 0 spiro atoms. The third kappa shape index (κ3) is 4.37. The van der Waals surface area contributed by atoms with E-state index in [1.54, 1.807) is 45.0 Å². The number of sulfonamides is 1. The largest absolute Gasteiger partial charge is 0.494 e. The maximum absolute atomic E-state index is 13.2. The summed E-state index contributed by atoms with van der Waals surface area (Å²) in [4.78, 5) is 12.9. The van der Waals surface area contributed by atoms with Crippen molar-refractivity contribution in [3.8, 4) is 5.75 Å². The van der Waals surface area contributed by atoms with Crippen molar-refractivity contribution < 1.29 is 17.9 Å². The highest BCUT2D eigenvalue weighted by Gasteiger charge is 2.37. The molecule has 7 heteroatoms. The molecule has 2 aromatic carbocycles. The van der Waals surface area contributed by atoms with E-state index < -0.39 is 21.3 Å². The van der Waals surface area contributed by atoms with Gasteiger partial charge in [-0.25, -0.2) is 12.7 Å². The smallest absolute Gasteiger partial charge is 0.270 e. The van der Waals surface area contributed by atoms with Crippen LogP contribution in [0.25, 0.3) is 0 Å². The minimum absolute atomic E-state index is 0.00613. The van der Waals surface area contributed by atoms with Crippen molar-refractivity contribution in [3.63, 3.8) is 0 Å². The molecule has 0 radical (unpaired) electrons. The zero-order valence-corrected chi connectivity index (χ0v) is 16.8. The van der Waals surface area contributed by atoms with Crippen LogP contribution in [-0.2, 0) is 14.8 Å². The minimum atomic E-state index is -4.09. The molecule has 0 unspecified atom stereocenters. The van der Waals surface area contributed by atoms with Crippen LogP contribution < -0.4 is 9.04 Å². The number of ether oxygens (including phenoxy) is 1. The lowest BCUT2D eigenvalue weighted by Crippen LogP contribution is -2.43. The third-order valence-corrected chi connectivity index (χ3v) is 5.54. The Labute approximate surface area is 159 Å². The molecule has 5 nitrogen and oxygen atoms in total. The van der Waals surface area contributed by atoms with Crippen LogP contribution in [0, 0.1) is 5.41 Å². The number of benzene rings is 2. The Balaban J connectivity index is 2.57. The predicted molar refractivity (Wildman–Crippen MR) is 103 cm³/mol. The lowest BCUT2D eigenvalue weighted by Gasteiger charge is -2.29. The number of halogens is 1. The van der Waals surface area contributed by atoms with Crippen molar-refractivity contribution in [3.05, 3.63) is 53.6 Å². The van der Waals surface area contributed by atoms with Crippen LogP contribution in [0.5, 0.6) is 5.75 Å². The molecule has 0 N–H and O–H groups in total. The van der Waals surface area contributed by atoms with Crippen LogP contribution in [-0.4, -0.2) is 20.9 Å². The summed E-state index contributed by atoms with van der Waals surface area (Å²) >= 11 is 5.85. The molecule has 0 aliphatic rings. The molecule has 0 saturated carbocycles. The Hall–Kier alpha value is -2.05. The fourth-order valence-electron chi connectivity index (χ4n) is 2.23. The maximum Gasteiger partial charge on any atom is 0.270 e. The molecule has 0 aromatic heterocycles. The van der Waals surface area contributed by atoms with Gasteiger partial charge in [-0.1, -0.05) is 32.4 Å². The number of amides is 1. The Morgan fingerprint density at radius 2 is 1.58 bits per heavy atom. The van der Waals surface area contributed by atoms with Gasteiger partial charge < -0.3 is 4.74 Å². The highest BCUT2D eigenvalue weighted by Crippen LogP contribution is 2.31. The summed E-state index contributed by atoms with van der Waals surface area (Å²) in [6.07, 6.45) is 0. The first-order valence-corrected chi connectivity index (χ1v) is 9.97. The van der Waals surface area contributed by atoms with Gasteiger partial charge in [-0.3, -0.25) is 4.79 Å². The number of nitrogens with zero attached hydrogens (tertiary/aromatic N) is 1. The first kappa shape index (κ1) is 20.3. The van der Waals surface area contributed by atoms with Crippen LogP contribution in [0.2, 0.25) is 5.02 Å². The van der Waals surface area contributed by atoms with Crippen molar-refractivity contribution in [2.45, 2.75) is 32.6 Å². The molecule has 0 heterocycles. The van der Waals surface area contributed by atoms with Gasteiger partial charge in [-0.15, -0.1) is 0 Å². The zero-order chi connectivity index (χ0) is 19.5. The summed E-state index contributed by atoms with van der Waals surface area (Å²) in [5, 5.41) is 0.415. The van der Waals surface area contributed by atoms with Crippen molar-refractivity contribution in [2.24, 2.45) is 5.41 Å². The second kappa shape index (κ2) is 7.68. The summed E-state index contributed by atoms with van der Waals surface area (Å²) in [6, 6.07) is 12.1. The number of hydrogen-bond acceptors (Lipinski definition) is 4. The lowest BCUT2D eigenvalue weighted by atomic mass is 9.95. The van der Waals surface area contributed by atoms with E-state index in [0.29, 0.717) is 17.4 Å². The van der Waals surface area contributed by atoms with E-state index >= 15 is 0 Å². The van der Waals surface area contributed by atoms with E-state index in [2.05, 4.69) is 0 Å². The molecular weight excluding hydrogens is 374 g/mol. The van der Waals surface area contributed by atoms with Gasteiger partial charge >= 0.3 is 0 Å². The first-order valence-electron chi connectivity index (χ1n) is 8.15. The molecule has 0 saturated heterocycles. The van der Waals surface area contributed by atoms with Gasteiger partial charge in [0.1, 0.15) is 5.75 Å². The van der Waals surface area contributed by atoms with Gasteiger partial charge in [0, 0.05) is 10.4 Å². The van der Waals surface area contributed by atoms with Crippen LogP contribution in [0.1, 0.15) is 27.7 Å². The van der Waals surface area contributed by atoms with Gasteiger partial charge in [0.2, 0.25) is 5.91 Å². The van der Waals surface area contributed by atoms with E-state index in [0.717, 1.165) is 4.31 Å². The second-order valence-electron chi connectivity index (χ2n) is 6.71. The van der Waals surface area contributed by atoms with Gasteiger partial charge in [0.05, 0.1) is 17.2 Å². The van der Waals surface area contributed by atoms with Crippen LogP contribution in [0.3, 0.4) is 0 Å². The molecule has 1 amide bonds. The maximum atomic E-state index is 13.2. The summed E-state index contributed by atoms with van der Waals surface area (Å²) in [7, 11) is -4.09. The molecule has 0 aliphatic carbocycles. The fraction of sp³-hybridized carbons (Fsp3) is 0.316. The topological polar surface area (TPSA) is 63.7 Å². The Kier molecular flexibility index (Phi) is 5.98. The van der Waals surface area contributed by atoms with E-state index in [4.69, 9.17) is 16.3 Å². The SMILES string of the molecule is CCOc1ccc(N(C(=O)C(C)(C)C)S(=O)(=O)c2ccc(Cl)cc2)cc1. The monoisotopic (exact) mass is 395 g/mol. The standard InChI is InChI=1S/C19H22ClNO4S/c1-5-25-16-10-8-15(9-11-16)21(18(22)19(2,3)4)26(23,24)17-12-6-14(20)7-13-17/h6-13H,5H2,1-4H3. The second-order valence-corrected chi connectivity index (χ2v) is 8.93. The van der Waals surface area contributed by atoms with Crippen LogP contribution in [0.15, 0.2) is 53.4 Å². The molecule has 0 bridgehead atoms. The van der Waals surface area contributed by atoms with E-state index in [1.807, 2.05) is 6.92 Å². The number of anilines is 1. The average molecular weight is 396 g/mol. The minimum Gasteiger partial charge on any atom is -0.494 e. The van der Waals surface area contributed by atoms with Crippen molar-refractivity contribution in [1.29, 1.82) is 0 Å². The molecule has 2 rings (SSSR count). The van der Waals surface area contributed by atoms with Gasteiger partial charge in [-0.2, -0.15) is 0 Å². The number of rotatable bonds is 5. The number of carbonyl (C=O) groups is 1. The molecule has 0 atom stereocenters. The molecule has 140 valence electrons. The van der Waals surface area contributed by atoms with E-state index in [-0.39, 0.29) is 10.6 Å². The Morgan fingerprint density at radius 3 is 2.04 bits per heavy atom. The highest BCUT2D eigenvalue weighted by molar-refractivity contribution is 7.93. The normalized spacial score (nSPS) is 11.9. The van der Waals surface area contributed by atoms with Crippen molar-refractivity contribution in [1.82, 2.24) is 0 Å². The predicted octanol–water partition coefficient (Wildman–Crippen LogP) is 4.51. The van der Waals surface area contributed by atoms with Crippen LogP contribution >= 0.6 is 11.6 Å². The van der Waals surface area contributed by atoms with Gasteiger partial charge in [0.15, 0.2) is 0 Å². The van der Waals surface area contributed by atoms with E-state index in [9.17, 15) is 13.2 Å². The number of hydrogen-bond donors (Lipinski definition) is 0. The van der Waals surface area contributed by atoms with Crippen molar-refractivity contribution >= 4 is 33.2 Å². The molecule has 26 heavy (non-hydrogen) atoms. The molecule has 0 aliphatic heterocycles. The van der Waals surface area contributed by atoms with Gasteiger partial charge in [0.25, 0.3) is 10.0 Å². The third-order valence-electron chi connectivity index (χ3n) is 3.56. The average Bonchev–Trinajstić information content (AvgIpc) is 2.56. The first-order chi connectivity index (χ1) is 12.1. The Bertz CT molecular complexity index is 869. The van der Waals surface area contributed by atoms with Crippen molar-refractivity contribution in [2.75, 3.05) is 10.9 Å². The number of carbonyl (C=O) groups excluding carboxylic acids is 1. The molecular formula is C19H22ClNO4S. The molecule has 0 fully saturated rings. The zero-order valence-electron chi connectivity index (χ0n) is 15.2. The quantitative estimate of drug-likeness (QED) is 0.747. The highest BCUT2D eigenvalue weighted by atomic mass is 35.5. The summed E-state index contributed by atoms with van der Waals surface area (Å²) in [5.74, 6) is 0.0694. The summed E-state index contributed by atoms with van der Waals surface area (Å²) in [6.45, 7) is 7.37. The summed E-state index contributed by atoms with van der Waals surface area (Å²) in [5.41, 5.74) is -0.638. The lowest BCUT2D eigenvalue weighted by molar-refractivity contribution is -0.124. The van der Waals surface area contributed by atoms with Gasteiger partial charge in [-0.05, 0) is 55.5 Å².